The van der Waals surface area contributed by atoms with Crippen LogP contribution in [0.4, 0.5) is 10.1 Å². The van der Waals surface area contributed by atoms with E-state index in [-0.39, 0.29) is 24.5 Å². The summed E-state index contributed by atoms with van der Waals surface area (Å²) in [5.74, 6) is -0.710. The minimum atomic E-state index is -0.587. The van der Waals surface area contributed by atoms with Gasteiger partial charge in [0.25, 0.3) is 0 Å². The van der Waals surface area contributed by atoms with Crippen LogP contribution in [-0.4, -0.2) is 63.5 Å². The lowest BCUT2D eigenvalue weighted by Gasteiger charge is -2.27. The zero-order chi connectivity index (χ0) is 24.5. The van der Waals surface area contributed by atoms with E-state index in [2.05, 4.69) is 25.5 Å². The molecule has 0 saturated heterocycles. The summed E-state index contributed by atoms with van der Waals surface area (Å²) in [6, 6.07) is 10.6. The number of nitrogens with zero attached hydrogens (tertiary/aromatic N) is 5. The van der Waals surface area contributed by atoms with Gasteiger partial charge in [0, 0.05) is 30.8 Å². The molecule has 0 radical (unpaired) electrons. The van der Waals surface area contributed by atoms with E-state index in [1.807, 2.05) is 38.4 Å². The Morgan fingerprint density at radius 3 is 2.80 bits per heavy atom. The number of aliphatic hydroxyl groups excluding tert-OH is 1. The summed E-state index contributed by atoms with van der Waals surface area (Å²) in [4.78, 5) is 30.1. The molecular formula is C25H27FN6O3. The predicted molar refractivity (Wildman–Crippen MR) is 128 cm³/mol. The van der Waals surface area contributed by atoms with Crippen molar-refractivity contribution in [2.24, 2.45) is 4.99 Å². The van der Waals surface area contributed by atoms with Gasteiger partial charge in [0.05, 0.1) is 17.3 Å². The van der Waals surface area contributed by atoms with Crippen LogP contribution in [0.5, 0.6) is 0 Å². The van der Waals surface area contributed by atoms with Crippen LogP contribution >= 0.6 is 0 Å². The second kappa shape index (κ2) is 9.65. The number of aryl methyl sites for hydroxylation is 1. The van der Waals surface area contributed by atoms with Crippen molar-refractivity contribution in [2.45, 2.75) is 31.5 Å². The van der Waals surface area contributed by atoms with Crippen LogP contribution in [0.1, 0.15) is 51.3 Å². The van der Waals surface area contributed by atoms with Crippen LogP contribution in [0.15, 0.2) is 47.7 Å². The number of aliphatic hydroxyl groups is 1. The minimum absolute atomic E-state index is 0.0144. The molecule has 2 N–H and O–H groups in total. The number of nitrogens with one attached hydrogen (secondary N) is 1. The monoisotopic (exact) mass is 478 g/mol. The van der Waals surface area contributed by atoms with Crippen molar-refractivity contribution in [1.29, 1.82) is 0 Å². The van der Waals surface area contributed by atoms with Gasteiger partial charge in [-0.2, -0.15) is 5.10 Å². The maximum Gasteiger partial charge on any atom is 0.185 e. The molecule has 9 nitrogen and oxygen atoms in total. The Labute approximate surface area is 202 Å². The Hall–Kier alpha value is -3.47. The summed E-state index contributed by atoms with van der Waals surface area (Å²) in [6.45, 7) is 1.19. The van der Waals surface area contributed by atoms with Gasteiger partial charge < -0.3 is 10.0 Å². The molecule has 3 heterocycles. The third-order valence-corrected chi connectivity index (χ3v) is 6.20. The van der Waals surface area contributed by atoms with Crippen molar-refractivity contribution >= 4 is 17.2 Å². The van der Waals surface area contributed by atoms with Crippen LogP contribution in [-0.2, 0) is 17.9 Å². The zero-order valence-electron chi connectivity index (χ0n) is 19.6. The lowest BCUT2D eigenvalue weighted by molar-refractivity contribution is 0.0916. The Balaban J connectivity index is 1.65. The maximum atomic E-state index is 14.4. The highest BCUT2D eigenvalue weighted by atomic mass is 19.1. The molecule has 2 aliphatic heterocycles. The highest BCUT2D eigenvalue weighted by Crippen LogP contribution is 2.43. The van der Waals surface area contributed by atoms with Gasteiger partial charge in [-0.1, -0.05) is 24.3 Å². The van der Waals surface area contributed by atoms with Gasteiger partial charge in [-0.15, -0.1) is 0 Å². The minimum Gasteiger partial charge on any atom is -0.396 e. The third kappa shape index (κ3) is 4.47. The molecule has 0 bridgehead atoms. The molecule has 0 spiro atoms. The zero-order valence-corrected chi connectivity index (χ0v) is 19.6. The number of halogens is 1. The van der Waals surface area contributed by atoms with Crippen molar-refractivity contribution in [1.82, 2.24) is 19.7 Å². The molecule has 2 aliphatic rings. The fourth-order valence-corrected chi connectivity index (χ4v) is 4.70. The molecule has 0 fully saturated rings. The number of carbonyl (C=O) groups excluding carboxylic acids is 1. The van der Waals surface area contributed by atoms with E-state index in [0.29, 0.717) is 35.8 Å². The molecule has 35 heavy (non-hydrogen) atoms. The maximum absolute atomic E-state index is 14.4. The summed E-state index contributed by atoms with van der Waals surface area (Å²) < 4.78 is 16.1. The average Bonchev–Trinajstić information content (AvgIpc) is 3.23. The van der Waals surface area contributed by atoms with Crippen molar-refractivity contribution in [3.63, 3.8) is 0 Å². The van der Waals surface area contributed by atoms with Crippen LogP contribution in [0.2, 0.25) is 0 Å². The normalized spacial score (nSPS) is 19.2. The summed E-state index contributed by atoms with van der Waals surface area (Å²) in [5.41, 5.74) is 6.66. The van der Waals surface area contributed by atoms with Crippen molar-refractivity contribution in [3.8, 4) is 0 Å². The van der Waals surface area contributed by atoms with Gasteiger partial charge in [-0.05, 0) is 43.8 Å². The van der Waals surface area contributed by atoms with Crippen LogP contribution in [0.25, 0.3) is 0 Å². The molecule has 0 saturated carbocycles. The number of ketones is 1. The van der Waals surface area contributed by atoms with Crippen molar-refractivity contribution in [3.05, 3.63) is 76.6 Å². The first-order valence-electron chi connectivity index (χ1n) is 11.5. The molecule has 2 atom stereocenters. The highest BCUT2D eigenvalue weighted by Gasteiger charge is 2.41. The van der Waals surface area contributed by atoms with Gasteiger partial charge in [0.15, 0.2) is 5.78 Å². The second-order valence-corrected chi connectivity index (χ2v) is 9.02. The van der Waals surface area contributed by atoms with E-state index in [4.69, 9.17) is 4.84 Å². The largest absolute Gasteiger partial charge is 0.396 e. The van der Waals surface area contributed by atoms with E-state index in [1.54, 1.807) is 4.68 Å². The molecule has 10 heteroatoms. The number of carbonyl (C=O) groups is 1. The number of hydrogen-bond donors (Lipinski definition) is 2. The first-order valence-corrected chi connectivity index (χ1v) is 11.5. The van der Waals surface area contributed by atoms with Crippen molar-refractivity contribution < 1.29 is 19.1 Å². The first-order chi connectivity index (χ1) is 17.0. The van der Waals surface area contributed by atoms with Gasteiger partial charge in [-0.3, -0.25) is 20.1 Å². The molecular weight excluding hydrogens is 451 g/mol. The molecule has 5 rings (SSSR count). The molecule has 1 aromatic heterocycles. The first kappa shape index (κ1) is 23.3. The lowest BCUT2D eigenvalue weighted by Crippen LogP contribution is -2.29. The van der Waals surface area contributed by atoms with E-state index in [9.17, 15) is 14.3 Å². The Kier molecular flexibility index (Phi) is 6.42. The molecule has 0 aliphatic carbocycles. The lowest BCUT2D eigenvalue weighted by atomic mass is 9.83. The number of rotatable bonds is 7. The van der Waals surface area contributed by atoms with Crippen LogP contribution in [0.3, 0.4) is 0 Å². The molecule has 182 valence electrons. The van der Waals surface area contributed by atoms with E-state index >= 15 is 0 Å². The molecule has 2 unspecified atom stereocenters. The highest BCUT2D eigenvalue weighted by molar-refractivity contribution is 6.20. The standard InChI is InChI=1S/C25H27FN6O3/c1-31(2)13-15-4-6-16(7-5-15)24-22(25-28-14-29-32(25)8-3-9-33)23-21-18(20(34)12-27-23)10-17(26)11-19(21)30-35-24/h4-7,10-11,14,22,24,30,33H,3,8-9,12-13H2,1-2H3. The van der Waals surface area contributed by atoms with Gasteiger partial charge >= 0.3 is 0 Å². The fourth-order valence-electron chi connectivity index (χ4n) is 4.70. The van der Waals surface area contributed by atoms with E-state index in [1.165, 1.54) is 18.5 Å². The smallest absolute Gasteiger partial charge is 0.185 e. The van der Waals surface area contributed by atoms with E-state index in [0.717, 1.165) is 17.7 Å². The fraction of sp³-hybridized carbons (Fsp3) is 0.360. The Morgan fingerprint density at radius 1 is 1.26 bits per heavy atom. The summed E-state index contributed by atoms with van der Waals surface area (Å²) >= 11 is 0. The number of anilines is 1. The Bertz CT molecular complexity index is 1270. The molecule has 2 aromatic carbocycles. The summed E-state index contributed by atoms with van der Waals surface area (Å²) in [7, 11) is 4.02. The number of aromatic nitrogens is 3. The molecule has 0 amide bonds. The number of hydrogen-bond acceptors (Lipinski definition) is 8. The molecule has 3 aromatic rings. The summed E-state index contributed by atoms with van der Waals surface area (Å²) in [5, 5.41) is 13.7. The number of aliphatic imine (C=N–C) groups is 1. The van der Waals surface area contributed by atoms with Crippen molar-refractivity contribution in [2.75, 3.05) is 32.7 Å². The van der Waals surface area contributed by atoms with Crippen LogP contribution in [0, 0.1) is 5.82 Å². The second-order valence-electron chi connectivity index (χ2n) is 9.02. The van der Waals surface area contributed by atoms with Gasteiger partial charge in [0.2, 0.25) is 0 Å². The number of Topliss-reactive ketones (excluding diaryl/α,β-unsaturated/α-hetero) is 1. The topological polar surface area (TPSA) is 105 Å². The third-order valence-electron chi connectivity index (χ3n) is 6.20. The summed E-state index contributed by atoms with van der Waals surface area (Å²) in [6.07, 6.45) is 1.38. The van der Waals surface area contributed by atoms with E-state index < -0.39 is 17.8 Å². The van der Waals surface area contributed by atoms with Gasteiger partial charge in [0.1, 0.15) is 30.6 Å². The van der Waals surface area contributed by atoms with Crippen LogP contribution < -0.4 is 5.48 Å². The SMILES string of the molecule is CN(C)Cc1ccc(C2ONc3cc(F)cc4c3C(=NCC4=O)C2c2ncnn2CCCO)cc1. The quantitative estimate of drug-likeness (QED) is 0.538. The predicted octanol–water partition coefficient (Wildman–Crippen LogP) is 2.73. The Morgan fingerprint density at radius 2 is 2.06 bits per heavy atom. The number of benzene rings is 2. The van der Waals surface area contributed by atoms with Gasteiger partial charge in [-0.25, -0.2) is 14.1 Å². The average molecular weight is 479 g/mol.